The molecule has 0 radical (unpaired) electrons. The molecule has 9 nitrogen and oxygen atoms in total. The summed E-state index contributed by atoms with van der Waals surface area (Å²) in [5.41, 5.74) is 1.32. The second-order valence-electron chi connectivity index (χ2n) is 6.27. The highest BCUT2D eigenvalue weighted by Crippen LogP contribution is 2.15. The number of hydrogen-bond donors (Lipinski definition) is 1. The lowest BCUT2D eigenvalue weighted by Gasteiger charge is -2.03. The van der Waals surface area contributed by atoms with Gasteiger partial charge in [0.2, 0.25) is 0 Å². The van der Waals surface area contributed by atoms with Crippen LogP contribution in [0.1, 0.15) is 23.0 Å². The lowest BCUT2D eigenvalue weighted by molar-refractivity contribution is 0.0526. The summed E-state index contributed by atoms with van der Waals surface area (Å²) >= 11 is 1.09. The van der Waals surface area contributed by atoms with Crippen LogP contribution in [0.25, 0.3) is 15.8 Å². The number of carbonyl (C=O) groups is 2. The van der Waals surface area contributed by atoms with Gasteiger partial charge in [0.1, 0.15) is 5.69 Å². The summed E-state index contributed by atoms with van der Waals surface area (Å²) in [7, 11) is 0. The van der Waals surface area contributed by atoms with Crippen molar-refractivity contribution >= 4 is 33.6 Å². The number of benzene rings is 2. The number of carbonyl (C=O) groups excluding carboxylic acids is 2. The van der Waals surface area contributed by atoms with Crippen molar-refractivity contribution in [3.05, 3.63) is 76.3 Å². The van der Waals surface area contributed by atoms with Crippen LogP contribution in [0.5, 0.6) is 0 Å². The van der Waals surface area contributed by atoms with Gasteiger partial charge in [-0.1, -0.05) is 17.3 Å². The zero-order chi connectivity index (χ0) is 21.1. The van der Waals surface area contributed by atoms with Crippen molar-refractivity contribution in [2.75, 3.05) is 6.61 Å². The van der Waals surface area contributed by atoms with Gasteiger partial charge in [0.25, 0.3) is 5.56 Å². The van der Waals surface area contributed by atoms with Gasteiger partial charge in [-0.05, 0) is 54.9 Å². The van der Waals surface area contributed by atoms with Crippen molar-refractivity contribution in [3.63, 3.8) is 0 Å². The first-order valence-electron chi connectivity index (χ1n) is 9.15. The number of esters is 1. The highest BCUT2D eigenvalue weighted by molar-refractivity contribution is 7.14. The fourth-order valence-corrected chi connectivity index (χ4v) is 3.73. The van der Waals surface area contributed by atoms with Gasteiger partial charge < -0.3 is 10.1 Å². The fraction of sp³-hybridized carbons (Fsp3) is 0.150. The molecule has 2 aromatic heterocycles. The van der Waals surface area contributed by atoms with Crippen molar-refractivity contribution in [2.24, 2.45) is 0 Å². The molecular weight excluding hydrogens is 406 g/mol. The Morgan fingerprint density at radius 2 is 1.90 bits per heavy atom. The van der Waals surface area contributed by atoms with Gasteiger partial charge in [-0.25, -0.2) is 14.3 Å². The maximum Gasteiger partial charge on any atom is 0.338 e. The van der Waals surface area contributed by atoms with E-state index < -0.39 is 6.03 Å². The van der Waals surface area contributed by atoms with E-state index in [1.807, 2.05) is 6.07 Å². The zero-order valence-corrected chi connectivity index (χ0v) is 16.8. The van der Waals surface area contributed by atoms with Gasteiger partial charge in [0.15, 0.2) is 0 Å². The molecule has 0 fully saturated rings. The van der Waals surface area contributed by atoms with Gasteiger partial charge in [0.05, 0.1) is 40.7 Å². The summed E-state index contributed by atoms with van der Waals surface area (Å²) in [4.78, 5) is 36.5. The minimum Gasteiger partial charge on any atom is -0.462 e. The van der Waals surface area contributed by atoms with Crippen molar-refractivity contribution < 1.29 is 14.3 Å². The largest absolute Gasteiger partial charge is 0.462 e. The molecule has 2 aromatic carbocycles. The Bertz CT molecular complexity index is 1270. The molecule has 4 aromatic rings. The first-order valence-corrected chi connectivity index (χ1v) is 9.92. The molecule has 30 heavy (non-hydrogen) atoms. The van der Waals surface area contributed by atoms with E-state index in [9.17, 15) is 14.4 Å². The standard InChI is InChI=1S/C20H17N5O4S/c1-2-29-19(27)13-7-9-15(10-8-13)24-12-14(22-23-24)11-21-20(28)25-18(26)16-5-3-4-6-17(16)30-25/h3-10,12H,2,11H2,1H3,(H,21,28). The van der Waals surface area contributed by atoms with E-state index in [1.54, 1.807) is 55.6 Å². The molecule has 0 aliphatic carbocycles. The van der Waals surface area contributed by atoms with Crippen molar-refractivity contribution in [2.45, 2.75) is 13.5 Å². The lowest BCUT2D eigenvalue weighted by atomic mass is 10.2. The predicted octanol–water partition coefficient (Wildman–Crippen LogP) is 2.58. The monoisotopic (exact) mass is 423 g/mol. The molecular formula is C20H17N5O4S. The Labute approximate surface area is 174 Å². The second kappa shape index (κ2) is 8.29. The van der Waals surface area contributed by atoms with E-state index in [2.05, 4.69) is 15.6 Å². The number of fused-ring (bicyclic) bond motifs is 1. The highest BCUT2D eigenvalue weighted by atomic mass is 32.1. The Hall–Kier alpha value is -3.79. The maximum absolute atomic E-state index is 12.4. The van der Waals surface area contributed by atoms with E-state index in [-0.39, 0.29) is 18.1 Å². The predicted molar refractivity (Wildman–Crippen MR) is 111 cm³/mol. The van der Waals surface area contributed by atoms with E-state index in [1.165, 1.54) is 4.68 Å². The summed E-state index contributed by atoms with van der Waals surface area (Å²) in [6, 6.07) is 13.3. The second-order valence-corrected chi connectivity index (χ2v) is 7.26. The average molecular weight is 423 g/mol. The van der Waals surface area contributed by atoms with Crippen LogP contribution in [0.4, 0.5) is 4.79 Å². The minimum absolute atomic E-state index is 0.112. The summed E-state index contributed by atoms with van der Waals surface area (Å²) in [6.45, 7) is 2.17. The van der Waals surface area contributed by atoms with Crippen LogP contribution in [0.2, 0.25) is 0 Å². The molecule has 0 spiro atoms. The molecule has 0 unspecified atom stereocenters. The van der Waals surface area contributed by atoms with Crippen molar-refractivity contribution in [1.29, 1.82) is 0 Å². The molecule has 10 heteroatoms. The quantitative estimate of drug-likeness (QED) is 0.494. The zero-order valence-electron chi connectivity index (χ0n) is 15.9. The molecule has 0 aliphatic heterocycles. The normalized spacial score (nSPS) is 10.8. The van der Waals surface area contributed by atoms with Gasteiger partial charge >= 0.3 is 12.0 Å². The van der Waals surface area contributed by atoms with Crippen molar-refractivity contribution in [3.8, 4) is 5.69 Å². The van der Waals surface area contributed by atoms with E-state index >= 15 is 0 Å². The Balaban J connectivity index is 1.43. The van der Waals surface area contributed by atoms with Gasteiger partial charge in [-0.3, -0.25) is 4.79 Å². The third-order valence-corrected chi connectivity index (χ3v) is 5.35. The lowest BCUT2D eigenvalue weighted by Crippen LogP contribution is -2.32. The van der Waals surface area contributed by atoms with Crippen LogP contribution in [0.15, 0.2) is 59.5 Å². The van der Waals surface area contributed by atoms with Gasteiger partial charge in [0, 0.05) is 0 Å². The molecule has 0 saturated heterocycles. The van der Waals surface area contributed by atoms with E-state index in [0.29, 0.717) is 28.9 Å². The number of rotatable bonds is 5. The third kappa shape index (κ3) is 3.85. The molecule has 0 aliphatic rings. The Morgan fingerprint density at radius 1 is 1.13 bits per heavy atom. The van der Waals surface area contributed by atoms with Crippen LogP contribution >= 0.6 is 11.5 Å². The number of nitrogens with one attached hydrogen (secondary N) is 1. The van der Waals surface area contributed by atoms with Crippen LogP contribution in [0, 0.1) is 0 Å². The average Bonchev–Trinajstić information content (AvgIpc) is 3.37. The third-order valence-electron chi connectivity index (χ3n) is 4.28. The van der Waals surface area contributed by atoms with E-state index in [4.69, 9.17) is 4.74 Å². The van der Waals surface area contributed by atoms with E-state index in [0.717, 1.165) is 20.2 Å². The van der Waals surface area contributed by atoms with Crippen LogP contribution < -0.4 is 10.9 Å². The molecule has 0 atom stereocenters. The number of hydrogen-bond acceptors (Lipinski definition) is 7. The number of nitrogens with zero attached hydrogens (tertiary/aromatic N) is 4. The topological polar surface area (TPSA) is 108 Å². The number of ether oxygens (including phenoxy) is 1. The van der Waals surface area contributed by atoms with Gasteiger partial charge in [-0.15, -0.1) is 5.10 Å². The smallest absolute Gasteiger partial charge is 0.338 e. The summed E-state index contributed by atoms with van der Waals surface area (Å²) in [5.74, 6) is -0.387. The molecule has 4 rings (SSSR count). The fourth-order valence-electron chi connectivity index (χ4n) is 2.81. The SMILES string of the molecule is CCOC(=O)c1ccc(-n2cc(CNC(=O)n3sc4ccccc4c3=O)nn2)cc1. The van der Waals surface area contributed by atoms with Crippen LogP contribution in [-0.2, 0) is 11.3 Å². The minimum atomic E-state index is -0.519. The molecule has 1 N–H and O–H groups in total. The summed E-state index contributed by atoms with van der Waals surface area (Å²) < 4.78 is 8.32. The summed E-state index contributed by atoms with van der Waals surface area (Å²) in [5, 5.41) is 11.3. The number of aromatic nitrogens is 4. The number of amides is 1. The summed E-state index contributed by atoms with van der Waals surface area (Å²) in [6.07, 6.45) is 1.66. The Kier molecular flexibility index (Phi) is 5.40. The maximum atomic E-state index is 12.4. The first kappa shape index (κ1) is 19.5. The molecule has 152 valence electrons. The highest BCUT2D eigenvalue weighted by Gasteiger charge is 2.14. The Morgan fingerprint density at radius 3 is 2.63 bits per heavy atom. The van der Waals surface area contributed by atoms with Gasteiger partial charge in [-0.2, -0.15) is 3.96 Å². The first-order chi connectivity index (χ1) is 14.6. The molecule has 2 heterocycles. The molecule has 0 saturated carbocycles. The molecule has 1 amide bonds. The van der Waals surface area contributed by atoms with Crippen LogP contribution in [-0.4, -0.2) is 37.6 Å². The van der Waals surface area contributed by atoms with Crippen molar-refractivity contribution in [1.82, 2.24) is 24.3 Å². The molecule has 0 bridgehead atoms. The van der Waals surface area contributed by atoms with Crippen LogP contribution in [0.3, 0.4) is 0 Å².